The highest BCUT2D eigenvalue weighted by Gasteiger charge is 2.42. The molecule has 1 fully saturated rings. The number of hydrogen-bond acceptors (Lipinski definition) is 4. The normalized spacial score (nSPS) is 20.7. The highest BCUT2D eigenvalue weighted by molar-refractivity contribution is 6.01. The quantitative estimate of drug-likeness (QED) is 0.737. The molecule has 2 N–H and O–H groups in total. The molecule has 2 aliphatic heterocycles. The van der Waals surface area contributed by atoms with E-state index < -0.39 is 29.4 Å². The van der Waals surface area contributed by atoms with Gasteiger partial charge < -0.3 is 15.5 Å². The van der Waals surface area contributed by atoms with E-state index in [0.29, 0.717) is 29.3 Å². The number of hydrogen-bond donors (Lipinski definition) is 2. The number of rotatable bonds is 5. The van der Waals surface area contributed by atoms with Crippen molar-refractivity contribution in [3.63, 3.8) is 0 Å². The molecular formula is C22H21F3N4O3. The van der Waals surface area contributed by atoms with Gasteiger partial charge in [0.1, 0.15) is 17.6 Å². The van der Waals surface area contributed by atoms with Crippen molar-refractivity contribution < 1.29 is 27.6 Å². The van der Waals surface area contributed by atoms with E-state index in [0.717, 1.165) is 18.6 Å². The predicted molar refractivity (Wildman–Crippen MR) is 107 cm³/mol. The Bertz CT molecular complexity index is 1070. The molecule has 1 aromatic carbocycles. The molecule has 4 rings (SSSR count). The van der Waals surface area contributed by atoms with Gasteiger partial charge in [-0.25, -0.2) is 4.39 Å². The van der Waals surface area contributed by atoms with Gasteiger partial charge in [-0.2, -0.15) is 8.78 Å². The first kappa shape index (κ1) is 21.8. The summed E-state index contributed by atoms with van der Waals surface area (Å²) in [6, 6.07) is 5.88. The maximum Gasteiger partial charge on any atom is 0.366 e. The number of fused-ring (bicyclic) bond motifs is 1. The summed E-state index contributed by atoms with van der Waals surface area (Å²) >= 11 is 0. The highest BCUT2D eigenvalue weighted by atomic mass is 19.3. The second kappa shape index (κ2) is 8.25. The Labute approximate surface area is 182 Å². The average Bonchev–Trinajstić information content (AvgIpc) is 3.08. The van der Waals surface area contributed by atoms with Crippen molar-refractivity contribution in [3.05, 3.63) is 64.7 Å². The fourth-order valence-corrected chi connectivity index (χ4v) is 3.98. The van der Waals surface area contributed by atoms with E-state index in [2.05, 4.69) is 15.6 Å². The topological polar surface area (TPSA) is 91.4 Å². The third-order valence-electron chi connectivity index (χ3n) is 5.73. The van der Waals surface area contributed by atoms with Crippen LogP contribution in [0.1, 0.15) is 46.9 Å². The van der Waals surface area contributed by atoms with Crippen LogP contribution in [0.25, 0.3) is 0 Å². The molecule has 2 atom stereocenters. The number of carbonyl (C=O) groups excluding carboxylic acids is 3. The van der Waals surface area contributed by atoms with Gasteiger partial charge in [0, 0.05) is 24.7 Å². The summed E-state index contributed by atoms with van der Waals surface area (Å²) in [6.07, 6.45) is 1.96. The van der Waals surface area contributed by atoms with E-state index in [-0.39, 0.29) is 30.9 Å². The smallest absolute Gasteiger partial charge is 0.352 e. The maximum atomic E-state index is 14.3. The lowest BCUT2D eigenvalue weighted by atomic mass is 10.00. The van der Waals surface area contributed by atoms with Crippen molar-refractivity contribution in [3.8, 4) is 0 Å². The molecule has 3 amide bonds. The highest BCUT2D eigenvalue weighted by Crippen LogP contribution is 2.29. The third-order valence-corrected chi connectivity index (χ3v) is 5.73. The van der Waals surface area contributed by atoms with Crippen LogP contribution in [-0.2, 0) is 28.6 Å². The van der Waals surface area contributed by atoms with Crippen molar-refractivity contribution in [2.24, 2.45) is 0 Å². The fraction of sp³-hybridized carbons (Fsp3) is 0.364. The fourth-order valence-electron chi connectivity index (χ4n) is 3.98. The van der Waals surface area contributed by atoms with Gasteiger partial charge in [-0.15, -0.1) is 0 Å². The zero-order chi connectivity index (χ0) is 23.0. The minimum absolute atomic E-state index is 0.0669. The number of benzene rings is 1. The molecule has 0 saturated carbocycles. The van der Waals surface area contributed by atoms with Crippen LogP contribution in [0.2, 0.25) is 0 Å². The lowest BCUT2D eigenvalue weighted by molar-refractivity contribution is -0.147. The summed E-state index contributed by atoms with van der Waals surface area (Å²) < 4.78 is 41.5. The van der Waals surface area contributed by atoms with E-state index >= 15 is 0 Å². The summed E-state index contributed by atoms with van der Waals surface area (Å²) in [5.74, 6) is -6.72. The Hall–Kier alpha value is -3.43. The van der Waals surface area contributed by atoms with Crippen LogP contribution in [0.3, 0.4) is 0 Å². The molecule has 1 saturated heterocycles. The molecule has 10 heteroatoms. The molecule has 2 aromatic rings. The number of nitrogens with zero attached hydrogens (tertiary/aromatic N) is 2. The molecule has 2 unspecified atom stereocenters. The zero-order valence-corrected chi connectivity index (χ0v) is 17.2. The minimum atomic E-state index is -3.93. The molecule has 0 radical (unpaired) electrons. The summed E-state index contributed by atoms with van der Waals surface area (Å²) in [7, 11) is 0. The molecule has 32 heavy (non-hydrogen) atoms. The number of pyridine rings is 1. The number of amides is 3. The van der Waals surface area contributed by atoms with E-state index in [1.54, 1.807) is 18.2 Å². The number of halogens is 3. The Morgan fingerprint density at radius 3 is 2.72 bits per heavy atom. The van der Waals surface area contributed by atoms with Gasteiger partial charge in [-0.1, -0.05) is 12.1 Å². The number of nitrogens with one attached hydrogen (secondary N) is 2. The second-order valence-electron chi connectivity index (χ2n) is 8.05. The number of piperidine rings is 1. The maximum absolute atomic E-state index is 14.3. The largest absolute Gasteiger partial charge is 0.366 e. The second-order valence-corrected chi connectivity index (χ2v) is 8.05. The molecule has 0 spiro atoms. The van der Waals surface area contributed by atoms with E-state index in [1.807, 2.05) is 6.92 Å². The summed E-state index contributed by atoms with van der Waals surface area (Å²) in [6.45, 7) is 1.95. The predicted octanol–water partition coefficient (Wildman–Crippen LogP) is 2.25. The summed E-state index contributed by atoms with van der Waals surface area (Å²) in [4.78, 5) is 41.9. The van der Waals surface area contributed by atoms with E-state index in [1.165, 1.54) is 4.90 Å². The van der Waals surface area contributed by atoms with Crippen molar-refractivity contribution in [1.82, 2.24) is 20.5 Å². The molecule has 3 heterocycles. The molecule has 0 bridgehead atoms. The van der Waals surface area contributed by atoms with Crippen LogP contribution in [-0.4, -0.2) is 39.7 Å². The van der Waals surface area contributed by atoms with Gasteiger partial charge in [0.2, 0.25) is 5.91 Å². The Balaban J connectivity index is 1.42. The van der Waals surface area contributed by atoms with Crippen LogP contribution in [0, 0.1) is 5.82 Å². The monoisotopic (exact) mass is 446 g/mol. The van der Waals surface area contributed by atoms with Crippen molar-refractivity contribution in [2.45, 2.75) is 50.9 Å². The number of carbonyl (C=O) groups is 3. The Kier molecular flexibility index (Phi) is 5.62. The number of aromatic nitrogens is 1. The van der Waals surface area contributed by atoms with Crippen LogP contribution >= 0.6 is 0 Å². The molecular weight excluding hydrogens is 425 g/mol. The zero-order valence-electron chi connectivity index (χ0n) is 17.2. The molecule has 2 aliphatic rings. The lowest BCUT2D eigenvalue weighted by Crippen LogP contribution is -2.53. The van der Waals surface area contributed by atoms with Crippen LogP contribution < -0.4 is 10.6 Å². The minimum Gasteiger partial charge on any atom is -0.352 e. The molecule has 7 nitrogen and oxygen atoms in total. The van der Waals surface area contributed by atoms with Crippen molar-refractivity contribution in [1.29, 1.82) is 0 Å². The molecule has 1 aromatic heterocycles. The number of alkyl halides is 2. The van der Waals surface area contributed by atoms with Gasteiger partial charge in [0.25, 0.3) is 11.8 Å². The van der Waals surface area contributed by atoms with Gasteiger partial charge in [-0.05, 0) is 49.1 Å². The average molecular weight is 446 g/mol. The van der Waals surface area contributed by atoms with Crippen LogP contribution in [0.5, 0.6) is 0 Å². The molecule has 168 valence electrons. The van der Waals surface area contributed by atoms with E-state index in [4.69, 9.17) is 0 Å². The Morgan fingerprint density at radius 2 is 2.03 bits per heavy atom. The van der Waals surface area contributed by atoms with Gasteiger partial charge in [-0.3, -0.25) is 19.4 Å². The van der Waals surface area contributed by atoms with Gasteiger partial charge in [0.15, 0.2) is 0 Å². The standard InChI is InChI=1S/C22H21F3N4O3/c1-12-2-6-17(19(30)28-12)29-11-14-8-13(3-5-16(14)20(29)31)9-27-21(32)22(24,25)18-7-4-15(23)10-26-18/h3-5,7-8,10,12,17H,2,6,9,11H2,1H3,(H,27,32)(H,28,30). The molecule has 0 aliphatic carbocycles. The van der Waals surface area contributed by atoms with Crippen molar-refractivity contribution >= 4 is 17.7 Å². The SMILES string of the molecule is CC1CCC(N2Cc3cc(CNC(=O)C(F)(F)c4ccc(F)cn4)ccc3C2=O)C(=O)N1. The van der Waals surface area contributed by atoms with Crippen LogP contribution in [0.15, 0.2) is 36.5 Å². The first-order chi connectivity index (χ1) is 15.2. The van der Waals surface area contributed by atoms with Gasteiger partial charge in [0.05, 0.1) is 6.20 Å². The van der Waals surface area contributed by atoms with E-state index in [9.17, 15) is 27.6 Å². The van der Waals surface area contributed by atoms with Crippen LogP contribution in [0.4, 0.5) is 13.2 Å². The summed E-state index contributed by atoms with van der Waals surface area (Å²) in [5, 5.41) is 5.01. The summed E-state index contributed by atoms with van der Waals surface area (Å²) in [5.41, 5.74) is 0.787. The lowest BCUT2D eigenvalue weighted by Gasteiger charge is -2.33. The Morgan fingerprint density at radius 1 is 1.25 bits per heavy atom. The third kappa shape index (κ3) is 4.04. The van der Waals surface area contributed by atoms with Crippen molar-refractivity contribution in [2.75, 3.05) is 0 Å². The first-order valence-corrected chi connectivity index (χ1v) is 10.2. The first-order valence-electron chi connectivity index (χ1n) is 10.2. The van der Waals surface area contributed by atoms with Gasteiger partial charge >= 0.3 is 5.92 Å².